The SMILES string of the molecule is [CH]1NCCN2CCCCCC12. The average Bonchev–Trinajstić information content (AvgIpc) is 2.28. The molecule has 0 aromatic rings. The first-order valence-electron chi connectivity index (χ1n) is 4.77. The van der Waals surface area contributed by atoms with Gasteiger partial charge in [-0.2, -0.15) is 0 Å². The van der Waals surface area contributed by atoms with Crippen molar-refractivity contribution in [2.75, 3.05) is 19.6 Å². The molecule has 0 aromatic carbocycles. The van der Waals surface area contributed by atoms with Crippen LogP contribution in [-0.2, 0) is 0 Å². The molecule has 1 N–H and O–H groups in total. The molecular formula is C9H17N2. The molecule has 0 amide bonds. The van der Waals surface area contributed by atoms with Crippen molar-refractivity contribution in [1.29, 1.82) is 0 Å². The van der Waals surface area contributed by atoms with Crippen LogP contribution in [0.4, 0.5) is 0 Å². The number of fused-ring (bicyclic) bond motifs is 1. The number of nitrogens with one attached hydrogen (secondary N) is 1. The lowest BCUT2D eigenvalue weighted by Crippen LogP contribution is -2.47. The Morgan fingerprint density at radius 3 is 3.18 bits per heavy atom. The Morgan fingerprint density at radius 2 is 2.18 bits per heavy atom. The summed E-state index contributed by atoms with van der Waals surface area (Å²) in [4.78, 5) is 2.61. The van der Waals surface area contributed by atoms with E-state index in [0.717, 1.165) is 12.6 Å². The van der Waals surface area contributed by atoms with E-state index in [1.165, 1.54) is 38.8 Å². The molecule has 1 atom stereocenters. The van der Waals surface area contributed by atoms with E-state index in [1.807, 2.05) is 0 Å². The van der Waals surface area contributed by atoms with Crippen LogP contribution < -0.4 is 5.32 Å². The van der Waals surface area contributed by atoms with Gasteiger partial charge in [0.25, 0.3) is 0 Å². The first-order chi connectivity index (χ1) is 5.47. The molecule has 63 valence electrons. The lowest BCUT2D eigenvalue weighted by molar-refractivity contribution is 0.191. The van der Waals surface area contributed by atoms with Crippen LogP contribution >= 0.6 is 0 Å². The molecule has 0 spiro atoms. The smallest absolute Gasteiger partial charge is 0.0393 e. The molecular weight excluding hydrogens is 136 g/mol. The summed E-state index contributed by atoms with van der Waals surface area (Å²) in [6.07, 6.45) is 5.62. The molecule has 2 aliphatic rings. The molecule has 2 aliphatic heterocycles. The van der Waals surface area contributed by atoms with Gasteiger partial charge >= 0.3 is 0 Å². The van der Waals surface area contributed by atoms with Crippen LogP contribution in [0.3, 0.4) is 0 Å². The third kappa shape index (κ3) is 1.74. The number of hydrogen-bond donors (Lipinski definition) is 1. The number of rotatable bonds is 0. The number of nitrogens with zero attached hydrogens (tertiary/aromatic N) is 1. The zero-order valence-electron chi connectivity index (χ0n) is 7.05. The second kappa shape index (κ2) is 3.55. The van der Waals surface area contributed by atoms with Crippen molar-refractivity contribution < 1.29 is 0 Å². The Bertz CT molecular complexity index is 111. The third-order valence-electron chi connectivity index (χ3n) is 2.77. The van der Waals surface area contributed by atoms with Crippen LogP contribution in [0.15, 0.2) is 0 Å². The highest BCUT2D eigenvalue weighted by molar-refractivity contribution is 4.89. The minimum atomic E-state index is 0.742. The third-order valence-corrected chi connectivity index (χ3v) is 2.77. The zero-order valence-corrected chi connectivity index (χ0v) is 7.05. The highest BCUT2D eigenvalue weighted by Gasteiger charge is 2.23. The summed E-state index contributed by atoms with van der Waals surface area (Å²) in [6.45, 7) is 6.01. The van der Waals surface area contributed by atoms with Crippen molar-refractivity contribution in [3.05, 3.63) is 6.54 Å². The van der Waals surface area contributed by atoms with Crippen LogP contribution in [0, 0.1) is 6.54 Å². The molecule has 1 unspecified atom stereocenters. The molecule has 2 rings (SSSR count). The van der Waals surface area contributed by atoms with Crippen molar-refractivity contribution in [3.8, 4) is 0 Å². The maximum Gasteiger partial charge on any atom is 0.0393 e. The Labute approximate surface area is 69.0 Å². The van der Waals surface area contributed by atoms with Crippen LogP contribution in [0.5, 0.6) is 0 Å². The Balaban J connectivity index is 1.93. The summed E-state index contributed by atoms with van der Waals surface area (Å²) in [7, 11) is 0. The fraction of sp³-hybridized carbons (Fsp3) is 0.889. The second-order valence-electron chi connectivity index (χ2n) is 3.57. The van der Waals surface area contributed by atoms with Gasteiger partial charge in [0.1, 0.15) is 0 Å². The fourth-order valence-corrected chi connectivity index (χ4v) is 2.09. The summed E-state index contributed by atoms with van der Waals surface area (Å²) in [5, 5.41) is 3.35. The number of piperazine rings is 1. The molecule has 2 saturated heterocycles. The van der Waals surface area contributed by atoms with Gasteiger partial charge in [0, 0.05) is 25.7 Å². The largest absolute Gasteiger partial charge is 0.310 e. The normalized spacial score (nSPS) is 34.4. The summed E-state index contributed by atoms with van der Waals surface area (Å²) in [6, 6.07) is 0.742. The summed E-state index contributed by atoms with van der Waals surface area (Å²) in [5.74, 6) is 0. The lowest BCUT2D eigenvalue weighted by atomic mass is 10.1. The van der Waals surface area contributed by atoms with Crippen LogP contribution in [0.2, 0.25) is 0 Å². The quantitative estimate of drug-likeness (QED) is 0.558. The monoisotopic (exact) mass is 153 g/mol. The van der Waals surface area contributed by atoms with Gasteiger partial charge in [0.15, 0.2) is 0 Å². The van der Waals surface area contributed by atoms with E-state index in [1.54, 1.807) is 0 Å². The minimum Gasteiger partial charge on any atom is -0.310 e. The van der Waals surface area contributed by atoms with E-state index in [9.17, 15) is 0 Å². The summed E-state index contributed by atoms with van der Waals surface area (Å²) >= 11 is 0. The van der Waals surface area contributed by atoms with Gasteiger partial charge in [-0.3, -0.25) is 4.90 Å². The van der Waals surface area contributed by atoms with Gasteiger partial charge in [0.05, 0.1) is 0 Å². The number of hydrogen-bond acceptors (Lipinski definition) is 2. The highest BCUT2D eigenvalue weighted by atomic mass is 15.2. The molecule has 2 heteroatoms. The molecule has 2 heterocycles. The molecule has 0 bridgehead atoms. The molecule has 2 nitrogen and oxygen atoms in total. The van der Waals surface area contributed by atoms with Crippen molar-refractivity contribution in [2.45, 2.75) is 31.7 Å². The van der Waals surface area contributed by atoms with Gasteiger partial charge in [-0.25, -0.2) is 0 Å². The predicted octanol–water partition coefficient (Wildman–Crippen LogP) is 0.996. The lowest BCUT2D eigenvalue weighted by Gasteiger charge is -2.34. The standard InChI is InChI=1S/C9H17N2/c1-2-4-9-8-10-5-7-11(9)6-3-1/h8-10H,1-7H2. The average molecular weight is 153 g/mol. The van der Waals surface area contributed by atoms with Crippen molar-refractivity contribution in [2.24, 2.45) is 0 Å². The van der Waals surface area contributed by atoms with E-state index in [2.05, 4.69) is 16.8 Å². The topological polar surface area (TPSA) is 15.3 Å². The second-order valence-corrected chi connectivity index (χ2v) is 3.57. The molecule has 2 fully saturated rings. The Morgan fingerprint density at radius 1 is 1.18 bits per heavy atom. The Hall–Kier alpha value is -0.0800. The minimum absolute atomic E-state index is 0.742. The summed E-state index contributed by atoms with van der Waals surface area (Å²) in [5.41, 5.74) is 0. The fourth-order valence-electron chi connectivity index (χ4n) is 2.09. The van der Waals surface area contributed by atoms with Gasteiger partial charge in [-0.05, 0) is 19.4 Å². The van der Waals surface area contributed by atoms with Gasteiger partial charge in [-0.15, -0.1) is 0 Å². The van der Waals surface area contributed by atoms with E-state index in [4.69, 9.17) is 0 Å². The summed E-state index contributed by atoms with van der Waals surface area (Å²) < 4.78 is 0. The van der Waals surface area contributed by atoms with E-state index in [-0.39, 0.29) is 0 Å². The molecule has 0 aliphatic carbocycles. The van der Waals surface area contributed by atoms with Crippen molar-refractivity contribution >= 4 is 0 Å². The van der Waals surface area contributed by atoms with Gasteiger partial charge in [-0.1, -0.05) is 12.8 Å². The van der Waals surface area contributed by atoms with E-state index >= 15 is 0 Å². The van der Waals surface area contributed by atoms with Crippen LogP contribution in [0.1, 0.15) is 25.7 Å². The van der Waals surface area contributed by atoms with Gasteiger partial charge < -0.3 is 5.32 Å². The molecule has 0 saturated carbocycles. The highest BCUT2D eigenvalue weighted by Crippen LogP contribution is 2.18. The van der Waals surface area contributed by atoms with Crippen LogP contribution in [-0.4, -0.2) is 30.6 Å². The van der Waals surface area contributed by atoms with E-state index < -0.39 is 0 Å². The zero-order chi connectivity index (χ0) is 7.52. The maximum atomic E-state index is 3.35. The predicted molar refractivity (Wildman–Crippen MR) is 46.1 cm³/mol. The Kier molecular flexibility index (Phi) is 2.44. The van der Waals surface area contributed by atoms with Crippen LogP contribution in [0.25, 0.3) is 0 Å². The van der Waals surface area contributed by atoms with Crippen molar-refractivity contribution in [3.63, 3.8) is 0 Å². The van der Waals surface area contributed by atoms with E-state index in [0.29, 0.717) is 0 Å². The molecule has 0 aromatic heterocycles. The van der Waals surface area contributed by atoms with Crippen molar-refractivity contribution in [1.82, 2.24) is 10.2 Å². The maximum absolute atomic E-state index is 3.35. The first kappa shape index (κ1) is 7.56. The van der Waals surface area contributed by atoms with Gasteiger partial charge in [0.2, 0.25) is 0 Å². The molecule has 1 radical (unpaired) electrons. The first-order valence-corrected chi connectivity index (χ1v) is 4.77. The molecule has 11 heavy (non-hydrogen) atoms.